The summed E-state index contributed by atoms with van der Waals surface area (Å²) in [6, 6.07) is 7.49. The highest BCUT2D eigenvalue weighted by atomic mass is 35.5. The summed E-state index contributed by atoms with van der Waals surface area (Å²) in [5, 5.41) is 8.96. The molecule has 1 N–H and O–H groups in total. The molecule has 2 rings (SSSR count). The first-order valence-electron chi connectivity index (χ1n) is 4.90. The van der Waals surface area contributed by atoms with Gasteiger partial charge in [-0.25, -0.2) is 9.18 Å². The summed E-state index contributed by atoms with van der Waals surface area (Å²) in [7, 11) is 0. The van der Waals surface area contributed by atoms with E-state index >= 15 is 0 Å². The standard InChI is InChI=1S/C12H9ClFNO2/c13-9-6-8(3-4-10(9)14)7-15-5-1-2-11(15)12(16)17/h1-6H,7H2,(H,16,17). The molecule has 0 saturated carbocycles. The van der Waals surface area contributed by atoms with Crippen LogP contribution in [0.1, 0.15) is 16.1 Å². The maximum absolute atomic E-state index is 13.0. The van der Waals surface area contributed by atoms with Crippen LogP contribution in [-0.4, -0.2) is 15.6 Å². The van der Waals surface area contributed by atoms with E-state index in [0.29, 0.717) is 6.54 Å². The topological polar surface area (TPSA) is 42.2 Å². The molecule has 2 aromatic rings. The van der Waals surface area contributed by atoms with E-state index in [1.54, 1.807) is 22.9 Å². The van der Waals surface area contributed by atoms with Gasteiger partial charge in [0.05, 0.1) is 5.02 Å². The van der Waals surface area contributed by atoms with Crippen LogP contribution in [0.5, 0.6) is 0 Å². The second-order valence-corrected chi connectivity index (χ2v) is 3.98. The molecular formula is C12H9ClFNO2. The molecule has 0 atom stereocenters. The second-order valence-electron chi connectivity index (χ2n) is 3.57. The number of carbonyl (C=O) groups is 1. The van der Waals surface area contributed by atoms with Gasteiger partial charge in [0.2, 0.25) is 0 Å². The molecule has 5 heteroatoms. The molecule has 0 unspecified atom stereocenters. The molecule has 0 saturated heterocycles. The fourth-order valence-corrected chi connectivity index (χ4v) is 1.78. The van der Waals surface area contributed by atoms with Crippen LogP contribution in [0.3, 0.4) is 0 Å². The lowest BCUT2D eigenvalue weighted by molar-refractivity contribution is 0.0685. The van der Waals surface area contributed by atoms with Crippen molar-refractivity contribution < 1.29 is 14.3 Å². The third-order valence-corrected chi connectivity index (χ3v) is 2.68. The van der Waals surface area contributed by atoms with Gasteiger partial charge in [-0.1, -0.05) is 17.7 Å². The Bertz CT molecular complexity index is 565. The molecule has 0 fully saturated rings. The van der Waals surface area contributed by atoms with E-state index in [0.717, 1.165) is 5.56 Å². The molecular weight excluding hydrogens is 245 g/mol. The molecule has 0 bridgehead atoms. The number of carboxylic acids is 1. The average molecular weight is 254 g/mol. The van der Waals surface area contributed by atoms with E-state index in [4.69, 9.17) is 16.7 Å². The van der Waals surface area contributed by atoms with E-state index in [2.05, 4.69) is 0 Å². The number of carboxylic acid groups (broad SMARTS) is 1. The molecule has 1 aromatic carbocycles. The number of hydrogen-bond acceptors (Lipinski definition) is 1. The Morgan fingerprint density at radius 2 is 2.18 bits per heavy atom. The van der Waals surface area contributed by atoms with E-state index < -0.39 is 11.8 Å². The van der Waals surface area contributed by atoms with Gasteiger partial charge in [-0.2, -0.15) is 0 Å². The summed E-state index contributed by atoms with van der Waals surface area (Å²) in [6.45, 7) is 0.342. The smallest absolute Gasteiger partial charge is 0.352 e. The van der Waals surface area contributed by atoms with Gasteiger partial charge in [0, 0.05) is 12.7 Å². The van der Waals surface area contributed by atoms with Gasteiger partial charge < -0.3 is 9.67 Å². The molecule has 88 valence electrons. The fraction of sp³-hybridized carbons (Fsp3) is 0.0833. The van der Waals surface area contributed by atoms with Crippen molar-refractivity contribution in [3.8, 4) is 0 Å². The lowest BCUT2D eigenvalue weighted by Crippen LogP contribution is -2.08. The number of aromatic carboxylic acids is 1. The predicted octanol–water partition coefficient (Wildman–Crippen LogP) is 3.03. The first-order valence-corrected chi connectivity index (χ1v) is 5.28. The van der Waals surface area contributed by atoms with Crippen molar-refractivity contribution in [2.75, 3.05) is 0 Å². The molecule has 0 spiro atoms. The molecule has 0 amide bonds. The lowest BCUT2D eigenvalue weighted by atomic mass is 10.2. The minimum Gasteiger partial charge on any atom is -0.477 e. The van der Waals surface area contributed by atoms with Crippen molar-refractivity contribution in [1.29, 1.82) is 0 Å². The van der Waals surface area contributed by atoms with E-state index in [9.17, 15) is 9.18 Å². The zero-order chi connectivity index (χ0) is 12.4. The molecule has 0 radical (unpaired) electrons. The summed E-state index contributed by atoms with van der Waals surface area (Å²) in [4.78, 5) is 10.9. The van der Waals surface area contributed by atoms with Crippen molar-refractivity contribution >= 4 is 17.6 Å². The molecule has 0 aliphatic carbocycles. The highest BCUT2D eigenvalue weighted by molar-refractivity contribution is 6.30. The maximum atomic E-state index is 13.0. The van der Waals surface area contributed by atoms with Crippen LogP contribution in [0, 0.1) is 5.82 Å². The Morgan fingerprint density at radius 1 is 1.41 bits per heavy atom. The molecule has 1 aromatic heterocycles. The SMILES string of the molecule is O=C(O)c1cccn1Cc1ccc(F)c(Cl)c1. The van der Waals surface area contributed by atoms with Crippen LogP contribution in [-0.2, 0) is 6.54 Å². The third-order valence-electron chi connectivity index (χ3n) is 2.39. The number of hydrogen-bond donors (Lipinski definition) is 1. The van der Waals surface area contributed by atoms with Gasteiger partial charge in [-0.15, -0.1) is 0 Å². The second kappa shape index (κ2) is 4.59. The highest BCUT2D eigenvalue weighted by Gasteiger charge is 2.09. The van der Waals surface area contributed by atoms with Crippen LogP contribution in [0.15, 0.2) is 36.5 Å². The van der Waals surface area contributed by atoms with Crippen molar-refractivity contribution in [3.63, 3.8) is 0 Å². The van der Waals surface area contributed by atoms with Crippen molar-refractivity contribution in [2.24, 2.45) is 0 Å². The Morgan fingerprint density at radius 3 is 2.82 bits per heavy atom. The minimum atomic E-state index is -0.997. The van der Waals surface area contributed by atoms with E-state index in [1.165, 1.54) is 18.2 Å². The minimum absolute atomic E-state index is 0.0338. The fourth-order valence-electron chi connectivity index (χ4n) is 1.58. The molecule has 3 nitrogen and oxygen atoms in total. The molecule has 0 aliphatic rings. The highest BCUT2D eigenvalue weighted by Crippen LogP contribution is 2.17. The number of aromatic nitrogens is 1. The third kappa shape index (κ3) is 2.47. The zero-order valence-electron chi connectivity index (χ0n) is 8.73. The van der Waals surface area contributed by atoms with Gasteiger partial charge >= 0.3 is 5.97 Å². The van der Waals surface area contributed by atoms with Crippen LogP contribution >= 0.6 is 11.6 Å². The Balaban J connectivity index is 2.28. The average Bonchev–Trinajstić information content (AvgIpc) is 2.72. The van der Waals surface area contributed by atoms with Gasteiger partial charge in [0.15, 0.2) is 0 Å². The summed E-state index contributed by atoms with van der Waals surface area (Å²) in [5.41, 5.74) is 0.931. The van der Waals surface area contributed by atoms with E-state index in [-0.39, 0.29) is 10.7 Å². The largest absolute Gasteiger partial charge is 0.477 e. The van der Waals surface area contributed by atoms with Gasteiger partial charge in [0.25, 0.3) is 0 Å². The summed E-state index contributed by atoms with van der Waals surface area (Å²) < 4.78 is 14.5. The van der Waals surface area contributed by atoms with Crippen molar-refractivity contribution in [2.45, 2.75) is 6.54 Å². The molecule has 1 heterocycles. The number of benzene rings is 1. The zero-order valence-corrected chi connectivity index (χ0v) is 9.49. The molecule has 0 aliphatic heterocycles. The summed E-state index contributed by atoms with van der Waals surface area (Å²) in [6.07, 6.45) is 1.65. The Labute approximate surface area is 102 Å². The van der Waals surface area contributed by atoms with Crippen LogP contribution < -0.4 is 0 Å². The van der Waals surface area contributed by atoms with Crippen LogP contribution in [0.4, 0.5) is 4.39 Å². The predicted molar refractivity (Wildman–Crippen MR) is 61.9 cm³/mol. The molecule has 17 heavy (non-hydrogen) atoms. The number of nitrogens with zero attached hydrogens (tertiary/aromatic N) is 1. The number of halogens is 2. The summed E-state index contributed by atoms with van der Waals surface area (Å²) in [5.74, 6) is -1.48. The van der Waals surface area contributed by atoms with E-state index in [1.807, 2.05) is 0 Å². The van der Waals surface area contributed by atoms with Crippen LogP contribution in [0.2, 0.25) is 5.02 Å². The van der Waals surface area contributed by atoms with Crippen molar-refractivity contribution in [3.05, 3.63) is 58.6 Å². The van der Waals surface area contributed by atoms with Gasteiger partial charge in [-0.05, 0) is 29.8 Å². The maximum Gasteiger partial charge on any atom is 0.352 e. The lowest BCUT2D eigenvalue weighted by Gasteiger charge is -2.07. The normalized spacial score (nSPS) is 10.5. The summed E-state index contributed by atoms with van der Waals surface area (Å²) >= 11 is 5.66. The Kier molecular flexibility index (Phi) is 3.15. The first-order chi connectivity index (χ1) is 8.08. The Hall–Kier alpha value is -1.81. The van der Waals surface area contributed by atoms with Gasteiger partial charge in [-0.3, -0.25) is 0 Å². The first kappa shape index (κ1) is 11.7. The number of rotatable bonds is 3. The van der Waals surface area contributed by atoms with Crippen LogP contribution in [0.25, 0.3) is 0 Å². The monoisotopic (exact) mass is 253 g/mol. The quantitative estimate of drug-likeness (QED) is 0.914. The van der Waals surface area contributed by atoms with Crippen molar-refractivity contribution in [1.82, 2.24) is 4.57 Å². The van der Waals surface area contributed by atoms with Gasteiger partial charge in [0.1, 0.15) is 11.5 Å².